The van der Waals surface area contributed by atoms with Crippen molar-refractivity contribution in [3.05, 3.63) is 41.5 Å². The molecule has 0 bridgehead atoms. The number of hydrogen-bond donors (Lipinski definition) is 5. The second kappa shape index (κ2) is 16.8. The molecule has 1 aromatic carbocycles. The summed E-state index contributed by atoms with van der Waals surface area (Å²) in [5.74, 6) is -2.16. The molecule has 18 heteroatoms. The Morgan fingerprint density at radius 1 is 0.822 bits per heavy atom. The van der Waals surface area contributed by atoms with Crippen LogP contribution >= 0.6 is 15.2 Å². The van der Waals surface area contributed by atoms with Crippen molar-refractivity contribution in [2.75, 3.05) is 78.0 Å². The van der Waals surface area contributed by atoms with Crippen molar-refractivity contribution in [1.82, 2.24) is 24.7 Å². The highest BCUT2D eigenvalue weighted by Crippen LogP contribution is 2.36. The molecule has 45 heavy (non-hydrogen) atoms. The summed E-state index contributed by atoms with van der Waals surface area (Å²) in [7, 11) is -8.91. The van der Waals surface area contributed by atoms with E-state index in [-0.39, 0.29) is 70.9 Å². The summed E-state index contributed by atoms with van der Waals surface area (Å²) in [4.78, 5) is 86.7. The van der Waals surface area contributed by atoms with E-state index in [4.69, 9.17) is 10.2 Å². The molecule has 0 unspecified atom stereocenters. The number of nitrogens with one attached hydrogen (secondary N) is 1. The third kappa shape index (κ3) is 14.1. The number of amides is 2. The lowest BCUT2D eigenvalue weighted by molar-refractivity contribution is -0.198. The molecule has 0 radical (unpaired) electrons. The molecular weight excluding hydrogens is 630 g/mol. The van der Waals surface area contributed by atoms with Gasteiger partial charge in [-0.25, -0.2) is 4.79 Å². The topological polar surface area (TPSA) is 216 Å². The van der Waals surface area contributed by atoms with E-state index >= 15 is 0 Å². The van der Waals surface area contributed by atoms with E-state index in [0.29, 0.717) is 18.2 Å². The third-order valence-electron chi connectivity index (χ3n) is 7.16. The summed E-state index contributed by atoms with van der Waals surface area (Å²) < 4.78 is 23.9. The van der Waals surface area contributed by atoms with Gasteiger partial charge in [0, 0.05) is 77.5 Å². The van der Waals surface area contributed by atoms with E-state index in [2.05, 4.69) is 0 Å². The van der Waals surface area contributed by atoms with Crippen LogP contribution in [0.15, 0.2) is 30.3 Å². The first-order chi connectivity index (χ1) is 21.1. The van der Waals surface area contributed by atoms with Gasteiger partial charge in [0.2, 0.25) is 0 Å². The van der Waals surface area contributed by atoms with Crippen LogP contribution in [0.5, 0.6) is 0 Å². The monoisotopic (exact) mass is 672 g/mol. The maximum absolute atomic E-state index is 12.6. The van der Waals surface area contributed by atoms with Gasteiger partial charge in [-0.1, -0.05) is 35.9 Å². The minimum atomic E-state index is -4.46. The van der Waals surface area contributed by atoms with Crippen molar-refractivity contribution in [3.8, 4) is 0 Å². The van der Waals surface area contributed by atoms with Gasteiger partial charge in [0.15, 0.2) is 0 Å². The summed E-state index contributed by atoms with van der Waals surface area (Å²) >= 11 is 0. The number of rotatable bonds is 11. The number of hydrogen-bond acceptors (Lipinski definition) is 11. The first kappa shape index (κ1) is 36.8. The quantitative estimate of drug-likeness (QED) is 0.120. The Kier molecular flexibility index (Phi) is 13.8. The predicted molar refractivity (Wildman–Crippen MR) is 165 cm³/mol. The number of aryl methyl sites for hydroxylation is 1. The molecule has 2 fully saturated rings. The van der Waals surface area contributed by atoms with Gasteiger partial charge < -0.3 is 29.8 Å². The highest BCUT2D eigenvalue weighted by atomic mass is 31.2. The van der Waals surface area contributed by atoms with Gasteiger partial charge in [-0.2, -0.15) is 0 Å². The summed E-state index contributed by atoms with van der Waals surface area (Å²) in [6, 6.07) is 7.78. The highest BCUT2D eigenvalue weighted by molar-refractivity contribution is 7.51. The largest absolute Gasteiger partial charge is 0.347 e. The smallest absolute Gasteiger partial charge is 0.329 e. The molecule has 0 atom stereocenters. The van der Waals surface area contributed by atoms with Crippen LogP contribution in [-0.2, 0) is 28.4 Å². The number of carbonyl (C=O) groups is 3. The van der Waals surface area contributed by atoms with E-state index in [9.17, 15) is 43.1 Å². The lowest BCUT2D eigenvalue weighted by Crippen LogP contribution is -2.48. The molecule has 5 N–H and O–H groups in total. The summed E-state index contributed by atoms with van der Waals surface area (Å²) in [5.41, 5.74) is 2.29. The molecule has 2 aliphatic rings. The second-order valence-corrected chi connectivity index (χ2v) is 14.4. The molecule has 0 aromatic heterocycles. The van der Waals surface area contributed by atoms with Crippen molar-refractivity contribution >= 4 is 44.8 Å². The molecule has 0 saturated carbocycles. The zero-order chi connectivity index (χ0) is 33.2. The van der Waals surface area contributed by atoms with E-state index in [1.54, 1.807) is 20.8 Å². The lowest BCUT2D eigenvalue weighted by Gasteiger charge is -2.34. The van der Waals surface area contributed by atoms with E-state index < -0.39 is 45.5 Å². The van der Waals surface area contributed by atoms with Gasteiger partial charge >= 0.3 is 21.2 Å². The Bertz CT molecular complexity index is 1290. The molecule has 2 saturated heterocycles. The minimum absolute atomic E-state index is 0.0655. The molecule has 250 valence electrons. The first-order valence-corrected chi connectivity index (χ1v) is 18.0. The van der Waals surface area contributed by atoms with Gasteiger partial charge in [-0.3, -0.25) is 38.3 Å². The molecule has 0 spiro atoms. The fraction of sp³-hybridized carbons (Fsp3) is 0.556. The van der Waals surface area contributed by atoms with Gasteiger partial charge in [0.1, 0.15) is 12.6 Å². The Hall–Kier alpha value is -2.62. The number of imide groups is 1. The van der Waals surface area contributed by atoms with Crippen LogP contribution in [-0.4, -0.2) is 146 Å². The lowest BCUT2D eigenvalue weighted by atomic mass is 10.1. The predicted octanol–water partition coefficient (Wildman–Crippen LogP) is 0.127. The molecular formula is C27H42N6O10P2. The molecule has 1 aromatic rings. The fourth-order valence-electron chi connectivity index (χ4n) is 4.93. The SMILES string of the molecule is Cc1cccc(/C=C\C(=N)CN2CCN(CP(=O)(O)O)CCN(CC(=O)ON3C(=O)CCC3=O)CCN(CP(=O)(O)O)CC2)c1. The maximum Gasteiger partial charge on any atom is 0.347 e. The van der Waals surface area contributed by atoms with Crippen molar-refractivity contribution in [1.29, 1.82) is 5.41 Å². The zero-order valence-corrected chi connectivity index (χ0v) is 27.0. The van der Waals surface area contributed by atoms with Crippen LogP contribution in [0.3, 0.4) is 0 Å². The van der Waals surface area contributed by atoms with Crippen LogP contribution < -0.4 is 0 Å². The molecule has 3 rings (SSSR count). The molecule has 2 heterocycles. The number of carbonyl (C=O) groups excluding carboxylic acids is 3. The van der Waals surface area contributed by atoms with E-state index in [1.807, 2.05) is 42.2 Å². The molecule has 16 nitrogen and oxygen atoms in total. The van der Waals surface area contributed by atoms with Crippen LogP contribution in [0.1, 0.15) is 24.0 Å². The second-order valence-electron chi connectivity index (χ2n) is 11.2. The summed E-state index contributed by atoms with van der Waals surface area (Å²) in [5, 5.41) is 8.95. The Morgan fingerprint density at radius 2 is 1.29 bits per heavy atom. The maximum atomic E-state index is 12.6. The standard InChI is InChI=1S/C27H42N6O10P2/c1-22-3-2-4-23(17-22)5-6-24(28)18-29-9-13-31(20-44(37,38)39)15-11-30(12-16-32(14-10-29)21-45(40,41)42)19-27(36)43-33-25(34)7-8-26(33)35/h2-6,17,28H,7-16,18-21H2,1H3,(H2,37,38,39)(H2,40,41,42)/b6-5-,28-24?. The first-order valence-electron chi connectivity index (χ1n) is 14.4. The van der Waals surface area contributed by atoms with Crippen molar-refractivity contribution in [3.63, 3.8) is 0 Å². The Balaban J connectivity index is 1.74. The third-order valence-corrected chi connectivity index (χ3v) is 8.70. The Morgan fingerprint density at radius 3 is 1.76 bits per heavy atom. The van der Waals surface area contributed by atoms with E-state index in [0.717, 1.165) is 11.1 Å². The van der Waals surface area contributed by atoms with Crippen molar-refractivity contribution in [2.45, 2.75) is 19.8 Å². The van der Waals surface area contributed by atoms with Gasteiger partial charge in [-0.15, -0.1) is 5.06 Å². The van der Waals surface area contributed by atoms with E-state index in [1.165, 1.54) is 0 Å². The van der Waals surface area contributed by atoms with Gasteiger partial charge in [0.05, 0.1) is 6.54 Å². The summed E-state index contributed by atoms with van der Waals surface area (Å²) in [6.45, 7) is 3.27. The van der Waals surface area contributed by atoms with Crippen molar-refractivity contribution in [2.24, 2.45) is 0 Å². The average Bonchev–Trinajstić information content (AvgIpc) is 3.24. The van der Waals surface area contributed by atoms with Gasteiger partial charge in [-0.05, 0) is 18.6 Å². The van der Waals surface area contributed by atoms with Crippen LogP contribution in [0, 0.1) is 12.3 Å². The molecule has 2 aliphatic heterocycles. The Labute approximate surface area is 262 Å². The summed E-state index contributed by atoms with van der Waals surface area (Å²) in [6.07, 6.45) is 2.29. The zero-order valence-electron chi connectivity index (χ0n) is 25.2. The number of hydroxylamine groups is 2. The molecule has 0 aliphatic carbocycles. The van der Waals surface area contributed by atoms with Crippen LogP contribution in [0.2, 0.25) is 0 Å². The van der Waals surface area contributed by atoms with Crippen molar-refractivity contribution < 1.29 is 47.9 Å². The van der Waals surface area contributed by atoms with Gasteiger partial charge in [0.25, 0.3) is 11.8 Å². The van der Waals surface area contributed by atoms with Crippen LogP contribution in [0.4, 0.5) is 0 Å². The number of benzene rings is 1. The molecule has 2 amide bonds. The average molecular weight is 673 g/mol. The normalized spacial score (nSPS) is 19.5. The highest BCUT2D eigenvalue weighted by Gasteiger charge is 2.33. The minimum Gasteiger partial charge on any atom is -0.329 e. The number of nitrogens with zero attached hydrogens (tertiary/aromatic N) is 5. The van der Waals surface area contributed by atoms with Crippen LogP contribution in [0.25, 0.3) is 6.08 Å². The fourth-order valence-corrected chi connectivity index (χ4v) is 6.54.